The Kier molecular flexibility index (Phi) is 6.90. The number of aromatic nitrogens is 3. The maximum absolute atomic E-state index is 12.4. The topological polar surface area (TPSA) is 88.9 Å². The highest BCUT2D eigenvalue weighted by molar-refractivity contribution is 7.99. The summed E-state index contributed by atoms with van der Waals surface area (Å²) in [5, 5.41) is 15.0. The average molecular weight is 430 g/mol. The third-order valence-electron chi connectivity index (χ3n) is 4.11. The quantitative estimate of drug-likeness (QED) is 0.559. The van der Waals surface area contributed by atoms with E-state index in [1.54, 1.807) is 35.9 Å². The number of carbonyl (C=O) groups excluding carboxylic acids is 2. The van der Waals surface area contributed by atoms with Gasteiger partial charge in [-0.25, -0.2) is 0 Å². The van der Waals surface area contributed by atoms with Crippen LogP contribution in [0.1, 0.15) is 29.1 Å². The predicted molar refractivity (Wildman–Crippen MR) is 114 cm³/mol. The van der Waals surface area contributed by atoms with Crippen LogP contribution in [0.2, 0.25) is 5.02 Å². The Morgan fingerprint density at radius 1 is 1.10 bits per heavy atom. The van der Waals surface area contributed by atoms with Gasteiger partial charge in [-0.3, -0.25) is 9.59 Å². The molecule has 0 aliphatic heterocycles. The number of thioether (sulfide) groups is 1. The lowest BCUT2D eigenvalue weighted by Gasteiger charge is -2.14. The number of amides is 2. The van der Waals surface area contributed by atoms with Gasteiger partial charge in [0.05, 0.1) is 22.4 Å². The Bertz CT molecular complexity index is 1010. The minimum Gasteiger partial charge on any atom is -0.342 e. The second-order valence-corrected chi connectivity index (χ2v) is 7.63. The number of hydrogen-bond donors (Lipinski definition) is 2. The third kappa shape index (κ3) is 5.36. The Morgan fingerprint density at radius 3 is 2.52 bits per heavy atom. The van der Waals surface area contributed by atoms with Crippen LogP contribution in [0, 0.1) is 0 Å². The lowest BCUT2D eigenvalue weighted by atomic mass is 10.2. The molecule has 0 radical (unpaired) electrons. The molecule has 2 amide bonds. The van der Waals surface area contributed by atoms with Gasteiger partial charge in [0.1, 0.15) is 0 Å². The monoisotopic (exact) mass is 429 g/mol. The van der Waals surface area contributed by atoms with Gasteiger partial charge in [-0.05, 0) is 31.2 Å². The van der Waals surface area contributed by atoms with Crippen LogP contribution in [-0.4, -0.2) is 32.3 Å². The molecule has 29 heavy (non-hydrogen) atoms. The van der Waals surface area contributed by atoms with Crippen LogP contribution in [0.25, 0.3) is 0 Å². The van der Waals surface area contributed by atoms with Gasteiger partial charge in [0, 0.05) is 12.7 Å². The molecule has 2 aromatic carbocycles. The zero-order chi connectivity index (χ0) is 20.8. The van der Waals surface area contributed by atoms with Gasteiger partial charge in [0.2, 0.25) is 5.91 Å². The van der Waals surface area contributed by atoms with Gasteiger partial charge in [-0.15, -0.1) is 10.2 Å². The molecule has 0 saturated carbocycles. The Labute approximate surface area is 177 Å². The lowest BCUT2D eigenvalue weighted by Crippen LogP contribution is -2.28. The number of rotatable bonds is 7. The van der Waals surface area contributed by atoms with Crippen molar-refractivity contribution in [3.8, 4) is 0 Å². The van der Waals surface area contributed by atoms with E-state index in [9.17, 15) is 9.59 Å². The first kappa shape index (κ1) is 20.9. The summed E-state index contributed by atoms with van der Waals surface area (Å²) in [5.74, 6) is 0.353. The van der Waals surface area contributed by atoms with E-state index in [0.29, 0.717) is 21.6 Å². The van der Waals surface area contributed by atoms with Crippen LogP contribution in [-0.2, 0) is 11.8 Å². The molecule has 3 aromatic rings. The molecule has 0 fully saturated rings. The molecule has 0 spiro atoms. The number of nitrogens with zero attached hydrogens (tertiary/aromatic N) is 3. The van der Waals surface area contributed by atoms with Crippen molar-refractivity contribution in [2.75, 3.05) is 11.1 Å². The smallest absolute Gasteiger partial charge is 0.253 e. The number of nitrogens with one attached hydrogen (secondary N) is 2. The molecule has 150 valence electrons. The predicted octanol–water partition coefficient (Wildman–Crippen LogP) is 3.69. The number of anilines is 1. The Hall–Kier alpha value is -2.84. The number of para-hydroxylation sites is 1. The highest BCUT2D eigenvalue weighted by atomic mass is 35.5. The van der Waals surface area contributed by atoms with E-state index in [1.807, 2.05) is 37.3 Å². The van der Waals surface area contributed by atoms with Gasteiger partial charge in [-0.1, -0.05) is 53.7 Å². The zero-order valence-electron chi connectivity index (χ0n) is 15.9. The first-order chi connectivity index (χ1) is 14.0. The second kappa shape index (κ2) is 9.58. The minimum absolute atomic E-state index is 0.133. The summed E-state index contributed by atoms with van der Waals surface area (Å²) in [7, 11) is 1.80. The summed E-state index contributed by atoms with van der Waals surface area (Å²) in [6.07, 6.45) is 0. The molecule has 1 aromatic heterocycles. The van der Waals surface area contributed by atoms with Crippen molar-refractivity contribution in [1.29, 1.82) is 0 Å². The van der Waals surface area contributed by atoms with Crippen molar-refractivity contribution in [3.63, 3.8) is 0 Å². The van der Waals surface area contributed by atoms with Gasteiger partial charge in [-0.2, -0.15) is 0 Å². The van der Waals surface area contributed by atoms with Gasteiger partial charge < -0.3 is 15.2 Å². The normalized spacial score (nSPS) is 11.7. The molecule has 0 unspecified atom stereocenters. The van der Waals surface area contributed by atoms with Crippen LogP contribution < -0.4 is 10.6 Å². The van der Waals surface area contributed by atoms with Crippen LogP contribution in [0.5, 0.6) is 0 Å². The number of hydrogen-bond acceptors (Lipinski definition) is 5. The summed E-state index contributed by atoms with van der Waals surface area (Å²) < 4.78 is 1.76. The second-order valence-electron chi connectivity index (χ2n) is 6.28. The molecule has 0 aliphatic rings. The molecule has 9 heteroatoms. The maximum atomic E-state index is 12.4. The fourth-order valence-corrected chi connectivity index (χ4v) is 3.60. The highest BCUT2D eigenvalue weighted by Gasteiger charge is 2.20. The first-order valence-corrected chi connectivity index (χ1v) is 10.2. The fraction of sp³-hybridized carbons (Fsp3) is 0.200. The summed E-state index contributed by atoms with van der Waals surface area (Å²) >= 11 is 7.35. The van der Waals surface area contributed by atoms with Crippen molar-refractivity contribution < 1.29 is 9.59 Å². The van der Waals surface area contributed by atoms with E-state index in [1.165, 1.54) is 11.8 Å². The summed E-state index contributed by atoms with van der Waals surface area (Å²) in [4.78, 5) is 24.6. The van der Waals surface area contributed by atoms with Crippen LogP contribution >= 0.6 is 23.4 Å². The Morgan fingerprint density at radius 2 is 1.79 bits per heavy atom. The standard InChI is InChI=1S/C20H20ClN5O2S/c1-13(22-19(28)15-10-6-7-11-16(15)21)18-24-25-20(26(18)2)29-12-17(27)23-14-8-4-3-5-9-14/h3-11,13H,12H2,1-2H3,(H,22,28)(H,23,27)/t13-/m1/s1. The number of carbonyl (C=O) groups is 2. The van der Waals surface area contributed by atoms with E-state index in [4.69, 9.17) is 11.6 Å². The van der Waals surface area contributed by atoms with E-state index in [2.05, 4.69) is 20.8 Å². The summed E-state index contributed by atoms with van der Waals surface area (Å²) in [5.41, 5.74) is 1.14. The third-order valence-corrected chi connectivity index (χ3v) is 5.46. The molecule has 2 N–H and O–H groups in total. The molecule has 3 rings (SSSR count). The van der Waals surface area contributed by atoms with E-state index in [-0.39, 0.29) is 23.6 Å². The molecule has 1 atom stereocenters. The van der Waals surface area contributed by atoms with E-state index in [0.717, 1.165) is 5.69 Å². The summed E-state index contributed by atoms with van der Waals surface area (Å²) in [6, 6.07) is 15.7. The van der Waals surface area contributed by atoms with Crippen molar-refractivity contribution in [3.05, 3.63) is 71.0 Å². The lowest BCUT2D eigenvalue weighted by molar-refractivity contribution is -0.113. The van der Waals surface area contributed by atoms with Crippen molar-refractivity contribution >= 4 is 40.9 Å². The van der Waals surface area contributed by atoms with Gasteiger partial charge in [0.15, 0.2) is 11.0 Å². The van der Waals surface area contributed by atoms with Crippen LogP contribution in [0.3, 0.4) is 0 Å². The SMILES string of the molecule is C[C@@H](NC(=O)c1ccccc1Cl)c1nnc(SCC(=O)Nc2ccccc2)n1C. The Balaban J connectivity index is 1.59. The average Bonchev–Trinajstić information content (AvgIpc) is 3.08. The van der Waals surface area contributed by atoms with Crippen LogP contribution in [0.15, 0.2) is 59.8 Å². The van der Waals surface area contributed by atoms with Gasteiger partial charge >= 0.3 is 0 Å². The number of halogens is 1. The molecule has 0 saturated heterocycles. The number of benzene rings is 2. The summed E-state index contributed by atoms with van der Waals surface area (Å²) in [6.45, 7) is 1.81. The van der Waals surface area contributed by atoms with Crippen molar-refractivity contribution in [2.24, 2.45) is 7.05 Å². The molecule has 0 aliphatic carbocycles. The molecule has 7 nitrogen and oxygen atoms in total. The van der Waals surface area contributed by atoms with E-state index >= 15 is 0 Å². The van der Waals surface area contributed by atoms with Gasteiger partial charge in [0.25, 0.3) is 5.91 Å². The van der Waals surface area contributed by atoms with Crippen molar-refractivity contribution in [2.45, 2.75) is 18.1 Å². The molecule has 1 heterocycles. The van der Waals surface area contributed by atoms with Crippen molar-refractivity contribution in [1.82, 2.24) is 20.1 Å². The molecular weight excluding hydrogens is 410 g/mol. The highest BCUT2D eigenvalue weighted by Crippen LogP contribution is 2.21. The largest absolute Gasteiger partial charge is 0.342 e. The fourth-order valence-electron chi connectivity index (χ4n) is 2.66. The molecular formula is C20H20ClN5O2S. The zero-order valence-corrected chi connectivity index (χ0v) is 17.5. The molecule has 0 bridgehead atoms. The first-order valence-electron chi connectivity index (χ1n) is 8.88. The minimum atomic E-state index is -0.385. The van der Waals surface area contributed by atoms with Crippen LogP contribution in [0.4, 0.5) is 5.69 Å². The van der Waals surface area contributed by atoms with E-state index < -0.39 is 0 Å². The maximum Gasteiger partial charge on any atom is 0.253 e.